The third kappa shape index (κ3) is 4.88. The van der Waals surface area contributed by atoms with Crippen LogP contribution in [0.15, 0.2) is 84.9 Å². The number of rotatable bonds is 7. The van der Waals surface area contributed by atoms with Gasteiger partial charge >= 0.3 is 7.12 Å². The van der Waals surface area contributed by atoms with E-state index in [2.05, 4.69) is 4.90 Å². The van der Waals surface area contributed by atoms with Crippen molar-refractivity contribution in [2.24, 2.45) is 0 Å². The molecule has 150 valence electrons. The van der Waals surface area contributed by atoms with E-state index in [1.165, 1.54) is 0 Å². The second-order valence-corrected chi connectivity index (χ2v) is 8.14. The van der Waals surface area contributed by atoms with E-state index in [0.29, 0.717) is 5.46 Å². The molecule has 0 atom stereocenters. The molecule has 29 heavy (non-hydrogen) atoms. The highest BCUT2D eigenvalue weighted by Crippen LogP contribution is 2.33. The van der Waals surface area contributed by atoms with E-state index in [-0.39, 0.29) is 0 Å². The second kappa shape index (κ2) is 8.41. The molecule has 0 saturated carbocycles. The summed E-state index contributed by atoms with van der Waals surface area (Å²) in [6.07, 6.45) is 0. The Kier molecular flexibility index (Phi) is 6.13. The van der Waals surface area contributed by atoms with Gasteiger partial charge in [0.15, 0.2) is 0 Å². The molecular weight excluding hydrogens is 361 g/mol. The number of anilines is 3. The Bertz CT molecular complexity index is 884. The van der Waals surface area contributed by atoms with E-state index in [9.17, 15) is 10.1 Å². The largest absolute Gasteiger partial charge is 0.491 e. The van der Waals surface area contributed by atoms with Crippen LogP contribution in [0.3, 0.4) is 0 Å². The fourth-order valence-electron chi connectivity index (χ4n) is 2.91. The highest BCUT2D eigenvalue weighted by Gasteiger charge is 2.39. The molecule has 4 nitrogen and oxygen atoms in total. The summed E-state index contributed by atoms with van der Waals surface area (Å²) >= 11 is 0. The molecule has 0 fully saturated rings. The van der Waals surface area contributed by atoms with E-state index < -0.39 is 18.3 Å². The van der Waals surface area contributed by atoms with Crippen molar-refractivity contribution < 1.29 is 14.8 Å². The summed E-state index contributed by atoms with van der Waals surface area (Å²) in [6, 6.07) is 27.8. The Hall–Kier alpha value is -2.60. The maximum absolute atomic E-state index is 10.7. The lowest BCUT2D eigenvalue weighted by Crippen LogP contribution is -2.53. The number of nitrogens with zero attached hydrogens (tertiary/aromatic N) is 1. The molecular formula is C24H28BNO3. The van der Waals surface area contributed by atoms with Gasteiger partial charge in [-0.2, -0.15) is 0 Å². The Morgan fingerprint density at radius 2 is 1.21 bits per heavy atom. The van der Waals surface area contributed by atoms with E-state index in [1.807, 2.05) is 84.9 Å². The van der Waals surface area contributed by atoms with Crippen molar-refractivity contribution in [1.29, 1.82) is 0 Å². The van der Waals surface area contributed by atoms with Gasteiger partial charge in [0.25, 0.3) is 0 Å². The second-order valence-electron chi connectivity index (χ2n) is 8.14. The number of para-hydroxylation sites is 2. The summed E-state index contributed by atoms with van der Waals surface area (Å²) in [5, 5.41) is 21.1. The molecule has 3 rings (SSSR count). The zero-order valence-corrected chi connectivity index (χ0v) is 17.4. The van der Waals surface area contributed by atoms with Gasteiger partial charge in [-0.3, -0.25) is 0 Å². The van der Waals surface area contributed by atoms with E-state index in [1.54, 1.807) is 27.7 Å². The van der Waals surface area contributed by atoms with Crippen LogP contribution in [0.1, 0.15) is 27.7 Å². The van der Waals surface area contributed by atoms with Gasteiger partial charge in [-0.15, -0.1) is 0 Å². The minimum absolute atomic E-state index is 0.622. The predicted octanol–water partition coefficient (Wildman–Crippen LogP) is 4.41. The van der Waals surface area contributed by atoms with Gasteiger partial charge in [0.05, 0.1) is 11.2 Å². The molecule has 0 unspecified atom stereocenters. The molecule has 0 amide bonds. The van der Waals surface area contributed by atoms with Crippen molar-refractivity contribution in [2.45, 2.75) is 38.9 Å². The van der Waals surface area contributed by atoms with Gasteiger partial charge in [0.2, 0.25) is 0 Å². The first-order valence-electron chi connectivity index (χ1n) is 9.77. The number of benzene rings is 3. The molecule has 0 saturated heterocycles. The molecule has 0 aliphatic rings. The van der Waals surface area contributed by atoms with E-state index >= 15 is 0 Å². The molecule has 3 aromatic rings. The van der Waals surface area contributed by atoms with Crippen LogP contribution in [0.25, 0.3) is 0 Å². The first-order chi connectivity index (χ1) is 13.7. The minimum Gasteiger partial charge on any atom is -0.423 e. The van der Waals surface area contributed by atoms with Crippen LogP contribution >= 0.6 is 0 Å². The van der Waals surface area contributed by atoms with Crippen molar-refractivity contribution in [2.75, 3.05) is 4.90 Å². The zero-order chi connectivity index (χ0) is 21.1. The van der Waals surface area contributed by atoms with Crippen molar-refractivity contribution in [3.63, 3.8) is 0 Å². The van der Waals surface area contributed by atoms with Crippen LogP contribution in [0.2, 0.25) is 0 Å². The lowest BCUT2D eigenvalue weighted by atomic mass is 9.76. The summed E-state index contributed by atoms with van der Waals surface area (Å²) < 4.78 is 5.82. The van der Waals surface area contributed by atoms with Gasteiger partial charge in [0.1, 0.15) is 0 Å². The maximum atomic E-state index is 10.7. The molecule has 0 heterocycles. The topological polar surface area (TPSA) is 52.9 Å². The van der Waals surface area contributed by atoms with Crippen LogP contribution in [0, 0.1) is 0 Å². The Morgan fingerprint density at radius 3 is 1.69 bits per heavy atom. The smallest absolute Gasteiger partial charge is 0.423 e. The summed E-state index contributed by atoms with van der Waals surface area (Å²) in [5.41, 5.74) is 1.53. The van der Waals surface area contributed by atoms with E-state index in [0.717, 1.165) is 17.1 Å². The molecule has 5 heteroatoms. The lowest BCUT2D eigenvalue weighted by Gasteiger charge is -2.38. The Balaban J connectivity index is 1.97. The van der Waals surface area contributed by atoms with Gasteiger partial charge in [0, 0.05) is 17.1 Å². The highest BCUT2D eigenvalue weighted by atomic mass is 16.5. The van der Waals surface area contributed by atoms with E-state index in [4.69, 9.17) is 4.65 Å². The molecule has 3 aromatic carbocycles. The van der Waals surface area contributed by atoms with Gasteiger partial charge < -0.3 is 19.7 Å². The van der Waals surface area contributed by atoms with Crippen molar-refractivity contribution >= 4 is 29.6 Å². The monoisotopic (exact) mass is 389 g/mol. The normalized spacial score (nSPS) is 11.9. The summed E-state index contributed by atoms with van der Waals surface area (Å²) in [6.45, 7) is 6.87. The lowest BCUT2D eigenvalue weighted by molar-refractivity contribution is -0.0982. The van der Waals surface area contributed by atoms with Crippen molar-refractivity contribution in [3.8, 4) is 0 Å². The fraction of sp³-hybridized carbons (Fsp3) is 0.250. The summed E-state index contributed by atoms with van der Waals surface area (Å²) in [5.74, 6) is 0. The van der Waals surface area contributed by atoms with Crippen molar-refractivity contribution in [3.05, 3.63) is 84.9 Å². The fourth-order valence-corrected chi connectivity index (χ4v) is 2.91. The third-order valence-corrected chi connectivity index (χ3v) is 5.32. The quantitative estimate of drug-likeness (QED) is 0.588. The molecule has 0 aliphatic carbocycles. The van der Waals surface area contributed by atoms with Crippen LogP contribution in [0.4, 0.5) is 17.1 Å². The number of aliphatic hydroxyl groups is 1. The van der Waals surface area contributed by atoms with Gasteiger partial charge in [-0.05, 0) is 69.6 Å². The first-order valence-corrected chi connectivity index (χ1v) is 9.77. The minimum atomic E-state index is -1.16. The average molecular weight is 389 g/mol. The molecule has 0 bridgehead atoms. The molecule has 0 aliphatic heterocycles. The van der Waals surface area contributed by atoms with Crippen LogP contribution in [-0.4, -0.2) is 28.5 Å². The Labute approximate surface area is 173 Å². The highest BCUT2D eigenvalue weighted by molar-refractivity contribution is 6.60. The third-order valence-electron chi connectivity index (χ3n) is 5.32. The van der Waals surface area contributed by atoms with Gasteiger partial charge in [-0.1, -0.05) is 48.5 Å². The number of hydrogen-bond acceptors (Lipinski definition) is 4. The molecule has 0 aromatic heterocycles. The molecule has 2 N–H and O–H groups in total. The maximum Gasteiger partial charge on any atom is 0.491 e. The predicted molar refractivity (Wildman–Crippen MR) is 120 cm³/mol. The van der Waals surface area contributed by atoms with Crippen LogP contribution < -0.4 is 10.4 Å². The van der Waals surface area contributed by atoms with Crippen LogP contribution in [-0.2, 0) is 4.65 Å². The number of hydrogen-bond donors (Lipinski definition) is 2. The summed E-state index contributed by atoms with van der Waals surface area (Å²) in [4.78, 5) is 2.12. The molecule has 0 spiro atoms. The van der Waals surface area contributed by atoms with Crippen LogP contribution in [0.5, 0.6) is 0 Å². The van der Waals surface area contributed by atoms with Crippen molar-refractivity contribution in [1.82, 2.24) is 0 Å². The molecule has 0 radical (unpaired) electrons. The Morgan fingerprint density at radius 1 is 0.724 bits per heavy atom. The standard InChI is InChI=1S/C24H28BNO3/c1-23(2,27)24(3,4)29-25(28)19-12-11-17-22(18-19)26(20-13-7-5-8-14-20)21-15-9-6-10-16-21/h5-18,27-28H,1-4H3. The average Bonchev–Trinajstić information content (AvgIpc) is 2.69. The first kappa shape index (κ1) is 21.1. The SMILES string of the molecule is CC(C)(O)C(C)(C)OB(O)c1cccc(N(c2ccccc2)c2ccccc2)c1. The summed E-state index contributed by atoms with van der Waals surface area (Å²) in [7, 11) is -1.16. The van der Waals surface area contributed by atoms with Gasteiger partial charge in [-0.25, -0.2) is 0 Å². The zero-order valence-electron chi connectivity index (χ0n) is 17.4.